The molecule has 0 aliphatic carbocycles. The first kappa shape index (κ1) is 10.2. The van der Waals surface area contributed by atoms with E-state index in [1.54, 1.807) is 0 Å². The largest absolute Gasteiger partial charge is 0.396 e. The van der Waals surface area contributed by atoms with Gasteiger partial charge in [0.05, 0.1) is 6.10 Å². The van der Waals surface area contributed by atoms with E-state index in [0.717, 1.165) is 11.1 Å². The first-order valence-electron chi connectivity index (χ1n) is 4.66. The summed E-state index contributed by atoms with van der Waals surface area (Å²) < 4.78 is 0. The molecule has 0 amide bonds. The van der Waals surface area contributed by atoms with Crippen LogP contribution in [0, 0.1) is 0 Å². The van der Waals surface area contributed by atoms with E-state index >= 15 is 0 Å². The average molecular weight is 180 g/mol. The molecule has 72 valence electrons. The second-order valence-corrected chi connectivity index (χ2v) is 3.10. The maximum atomic E-state index is 9.66. The van der Waals surface area contributed by atoms with Crippen LogP contribution in [0.3, 0.4) is 0 Å². The van der Waals surface area contributed by atoms with Crippen LogP contribution in [0.1, 0.15) is 30.6 Å². The van der Waals surface area contributed by atoms with Crippen molar-refractivity contribution >= 4 is 0 Å². The van der Waals surface area contributed by atoms with Crippen molar-refractivity contribution in [3.05, 3.63) is 35.4 Å². The molecular weight excluding hydrogens is 164 g/mol. The van der Waals surface area contributed by atoms with E-state index in [-0.39, 0.29) is 6.61 Å². The molecule has 0 aliphatic heterocycles. The second kappa shape index (κ2) is 5.00. The topological polar surface area (TPSA) is 40.5 Å². The van der Waals surface area contributed by atoms with Crippen molar-refractivity contribution in [2.75, 3.05) is 6.61 Å². The minimum atomic E-state index is -0.400. The number of aliphatic hydroxyl groups excluding tert-OH is 2. The molecule has 1 unspecified atom stereocenters. The highest BCUT2D eigenvalue weighted by molar-refractivity contribution is 5.29. The Balaban J connectivity index is 2.90. The standard InChI is InChI=1S/C11H16O2/c1-2-11(13)10-6-4-3-5-9(10)7-8-12/h3-6,11-13H,2,7-8H2,1H3. The van der Waals surface area contributed by atoms with Crippen molar-refractivity contribution in [1.29, 1.82) is 0 Å². The van der Waals surface area contributed by atoms with E-state index in [9.17, 15) is 5.11 Å². The van der Waals surface area contributed by atoms with Gasteiger partial charge >= 0.3 is 0 Å². The van der Waals surface area contributed by atoms with Crippen LogP contribution in [0.25, 0.3) is 0 Å². The van der Waals surface area contributed by atoms with Gasteiger partial charge in [-0.25, -0.2) is 0 Å². The monoisotopic (exact) mass is 180 g/mol. The van der Waals surface area contributed by atoms with Gasteiger partial charge in [-0.05, 0) is 24.0 Å². The minimum Gasteiger partial charge on any atom is -0.396 e. The van der Waals surface area contributed by atoms with Crippen molar-refractivity contribution in [3.8, 4) is 0 Å². The van der Waals surface area contributed by atoms with Crippen molar-refractivity contribution in [1.82, 2.24) is 0 Å². The zero-order valence-electron chi connectivity index (χ0n) is 7.90. The summed E-state index contributed by atoms with van der Waals surface area (Å²) in [5.74, 6) is 0. The smallest absolute Gasteiger partial charge is 0.0790 e. The Bertz CT molecular complexity index is 258. The van der Waals surface area contributed by atoms with Crippen LogP contribution >= 0.6 is 0 Å². The van der Waals surface area contributed by atoms with Gasteiger partial charge in [0.15, 0.2) is 0 Å². The summed E-state index contributed by atoms with van der Waals surface area (Å²) in [5, 5.41) is 18.5. The molecule has 1 aromatic carbocycles. The van der Waals surface area contributed by atoms with Gasteiger partial charge in [-0.2, -0.15) is 0 Å². The lowest BCUT2D eigenvalue weighted by atomic mass is 9.99. The van der Waals surface area contributed by atoms with Crippen LogP contribution in [-0.2, 0) is 6.42 Å². The Morgan fingerprint density at radius 2 is 2.00 bits per heavy atom. The van der Waals surface area contributed by atoms with Crippen LogP contribution in [0.5, 0.6) is 0 Å². The van der Waals surface area contributed by atoms with Crippen molar-refractivity contribution in [2.45, 2.75) is 25.9 Å². The molecule has 2 N–H and O–H groups in total. The highest BCUT2D eigenvalue weighted by Gasteiger charge is 2.08. The fourth-order valence-electron chi connectivity index (χ4n) is 1.43. The zero-order chi connectivity index (χ0) is 9.68. The van der Waals surface area contributed by atoms with Gasteiger partial charge in [-0.1, -0.05) is 31.2 Å². The Morgan fingerprint density at radius 1 is 1.31 bits per heavy atom. The van der Waals surface area contributed by atoms with Gasteiger partial charge in [-0.15, -0.1) is 0 Å². The lowest BCUT2D eigenvalue weighted by Gasteiger charge is -2.12. The highest BCUT2D eigenvalue weighted by atomic mass is 16.3. The SMILES string of the molecule is CCC(O)c1ccccc1CCO. The van der Waals surface area contributed by atoms with Crippen molar-refractivity contribution in [2.24, 2.45) is 0 Å². The third-order valence-electron chi connectivity index (χ3n) is 2.18. The molecule has 1 aromatic rings. The summed E-state index contributed by atoms with van der Waals surface area (Å²) in [6.45, 7) is 2.08. The molecule has 2 heteroatoms. The van der Waals surface area contributed by atoms with Crippen LogP contribution < -0.4 is 0 Å². The normalized spacial score (nSPS) is 12.8. The number of aliphatic hydroxyl groups is 2. The summed E-state index contributed by atoms with van der Waals surface area (Å²) >= 11 is 0. The van der Waals surface area contributed by atoms with E-state index in [4.69, 9.17) is 5.11 Å². The summed E-state index contributed by atoms with van der Waals surface area (Å²) in [7, 11) is 0. The number of rotatable bonds is 4. The van der Waals surface area contributed by atoms with Crippen molar-refractivity contribution < 1.29 is 10.2 Å². The maximum Gasteiger partial charge on any atom is 0.0790 e. The Kier molecular flexibility index (Phi) is 3.93. The van der Waals surface area contributed by atoms with E-state index in [0.29, 0.717) is 12.8 Å². The molecule has 0 saturated heterocycles. The van der Waals surface area contributed by atoms with E-state index in [1.807, 2.05) is 31.2 Å². The second-order valence-electron chi connectivity index (χ2n) is 3.10. The van der Waals surface area contributed by atoms with Gasteiger partial charge in [-0.3, -0.25) is 0 Å². The maximum absolute atomic E-state index is 9.66. The van der Waals surface area contributed by atoms with Crippen LogP contribution in [-0.4, -0.2) is 16.8 Å². The predicted octanol–water partition coefficient (Wildman–Crippen LogP) is 1.66. The third-order valence-corrected chi connectivity index (χ3v) is 2.18. The predicted molar refractivity (Wildman–Crippen MR) is 52.5 cm³/mol. The van der Waals surface area contributed by atoms with Crippen LogP contribution in [0.15, 0.2) is 24.3 Å². The van der Waals surface area contributed by atoms with Crippen LogP contribution in [0.4, 0.5) is 0 Å². The Hall–Kier alpha value is -0.860. The zero-order valence-corrected chi connectivity index (χ0v) is 7.90. The lowest BCUT2D eigenvalue weighted by molar-refractivity contribution is 0.172. The number of hydrogen-bond acceptors (Lipinski definition) is 2. The third kappa shape index (κ3) is 2.54. The van der Waals surface area contributed by atoms with Gasteiger partial charge in [0, 0.05) is 6.61 Å². The molecule has 2 nitrogen and oxygen atoms in total. The molecule has 1 rings (SSSR count). The van der Waals surface area contributed by atoms with Gasteiger partial charge < -0.3 is 10.2 Å². The Morgan fingerprint density at radius 3 is 2.62 bits per heavy atom. The lowest BCUT2D eigenvalue weighted by Crippen LogP contribution is -2.02. The summed E-state index contributed by atoms with van der Waals surface area (Å²) in [6.07, 6.45) is 0.929. The minimum absolute atomic E-state index is 0.132. The molecule has 0 bridgehead atoms. The molecule has 0 saturated carbocycles. The molecule has 0 fully saturated rings. The van der Waals surface area contributed by atoms with Gasteiger partial charge in [0.25, 0.3) is 0 Å². The quantitative estimate of drug-likeness (QED) is 0.740. The molecule has 1 atom stereocenters. The first-order valence-corrected chi connectivity index (χ1v) is 4.66. The van der Waals surface area contributed by atoms with Crippen molar-refractivity contribution in [3.63, 3.8) is 0 Å². The Labute approximate surface area is 78.8 Å². The summed E-state index contributed by atoms with van der Waals surface area (Å²) in [4.78, 5) is 0. The molecule has 13 heavy (non-hydrogen) atoms. The van der Waals surface area contributed by atoms with Gasteiger partial charge in [0.1, 0.15) is 0 Å². The highest BCUT2D eigenvalue weighted by Crippen LogP contribution is 2.20. The molecule has 0 radical (unpaired) electrons. The average Bonchev–Trinajstić information content (AvgIpc) is 2.18. The molecular formula is C11H16O2. The fraction of sp³-hybridized carbons (Fsp3) is 0.455. The molecule has 0 aromatic heterocycles. The molecule has 0 spiro atoms. The van der Waals surface area contributed by atoms with E-state index < -0.39 is 6.10 Å². The van der Waals surface area contributed by atoms with E-state index in [1.165, 1.54) is 0 Å². The summed E-state index contributed by atoms with van der Waals surface area (Å²) in [5.41, 5.74) is 1.98. The van der Waals surface area contributed by atoms with Gasteiger partial charge in [0.2, 0.25) is 0 Å². The number of benzene rings is 1. The molecule has 0 aliphatic rings. The summed E-state index contributed by atoms with van der Waals surface area (Å²) in [6, 6.07) is 7.70. The molecule has 0 heterocycles. The number of hydrogen-bond donors (Lipinski definition) is 2. The first-order chi connectivity index (χ1) is 6.29. The van der Waals surface area contributed by atoms with E-state index in [2.05, 4.69) is 0 Å². The fourth-order valence-corrected chi connectivity index (χ4v) is 1.43. The van der Waals surface area contributed by atoms with Crippen LogP contribution in [0.2, 0.25) is 0 Å².